The Morgan fingerprint density at radius 1 is 0.773 bits per heavy atom. The first-order valence-electron chi connectivity index (χ1n) is 8.97. The average Bonchev–Trinajstić information content (AvgIpc) is 2.44. The predicted octanol–water partition coefficient (Wildman–Crippen LogP) is 5.35. The minimum absolute atomic E-state index is 0.104. The van der Waals surface area contributed by atoms with Gasteiger partial charge in [0.25, 0.3) is 0 Å². The molecule has 4 heteroatoms. The minimum atomic E-state index is -0.220. The SMILES string of the molecule is CCCC(C)(C)OOC1CCCC(OOC(C)(C)CCC)C1. The van der Waals surface area contributed by atoms with Gasteiger partial charge >= 0.3 is 0 Å². The van der Waals surface area contributed by atoms with Crippen molar-refractivity contribution in [3.05, 3.63) is 0 Å². The molecule has 1 rings (SSSR count). The van der Waals surface area contributed by atoms with E-state index in [1.807, 2.05) is 0 Å². The van der Waals surface area contributed by atoms with Crippen LogP contribution in [-0.4, -0.2) is 23.4 Å². The normalized spacial score (nSPS) is 23.7. The lowest BCUT2D eigenvalue weighted by Gasteiger charge is -2.32. The molecule has 0 aromatic heterocycles. The summed E-state index contributed by atoms with van der Waals surface area (Å²) in [7, 11) is 0. The quantitative estimate of drug-likeness (QED) is 0.402. The molecule has 1 aliphatic carbocycles. The summed E-state index contributed by atoms with van der Waals surface area (Å²) in [5.74, 6) is 0. The molecule has 0 aromatic rings. The molecule has 22 heavy (non-hydrogen) atoms. The van der Waals surface area contributed by atoms with E-state index in [2.05, 4.69) is 41.5 Å². The monoisotopic (exact) mass is 316 g/mol. The van der Waals surface area contributed by atoms with Crippen LogP contribution < -0.4 is 0 Å². The number of hydrogen-bond donors (Lipinski definition) is 0. The van der Waals surface area contributed by atoms with E-state index in [1.54, 1.807) is 0 Å². The zero-order valence-electron chi connectivity index (χ0n) is 15.4. The first-order valence-corrected chi connectivity index (χ1v) is 8.97. The van der Waals surface area contributed by atoms with Crippen molar-refractivity contribution < 1.29 is 19.6 Å². The van der Waals surface area contributed by atoms with Crippen LogP contribution in [-0.2, 0) is 19.6 Å². The van der Waals surface area contributed by atoms with Crippen LogP contribution in [0.3, 0.4) is 0 Å². The summed E-state index contributed by atoms with van der Waals surface area (Å²) in [4.78, 5) is 22.6. The molecule has 1 saturated carbocycles. The lowest BCUT2D eigenvalue weighted by Crippen LogP contribution is -2.34. The molecule has 1 fully saturated rings. The van der Waals surface area contributed by atoms with Gasteiger partial charge in [0.2, 0.25) is 0 Å². The summed E-state index contributed by atoms with van der Waals surface area (Å²) in [6, 6.07) is 0. The van der Waals surface area contributed by atoms with Crippen LogP contribution in [0.15, 0.2) is 0 Å². The molecule has 2 atom stereocenters. The van der Waals surface area contributed by atoms with Gasteiger partial charge in [-0.1, -0.05) is 26.7 Å². The summed E-state index contributed by atoms with van der Waals surface area (Å²) < 4.78 is 0. The van der Waals surface area contributed by atoms with E-state index in [0.29, 0.717) is 0 Å². The fourth-order valence-corrected chi connectivity index (χ4v) is 2.96. The molecule has 0 N–H and O–H groups in total. The standard InChI is InChI=1S/C18H36O4/c1-7-12-17(3,4)21-19-15-10-9-11-16(14-15)20-22-18(5,6)13-8-2/h15-16H,7-14H2,1-6H3. The molecule has 0 bridgehead atoms. The number of rotatable bonds is 10. The van der Waals surface area contributed by atoms with Crippen molar-refractivity contribution in [1.82, 2.24) is 0 Å². The van der Waals surface area contributed by atoms with Crippen LogP contribution in [0.5, 0.6) is 0 Å². The summed E-state index contributed by atoms with van der Waals surface area (Å²) >= 11 is 0. The molecule has 1 aliphatic rings. The van der Waals surface area contributed by atoms with Crippen molar-refractivity contribution in [3.8, 4) is 0 Å². The maximum atomic E-state index is 5.67. The van der Waals surface area contributed by atoms with Gasteiger partial charge in [-0.15, -0.1) is 0 Å². The van der Waals surface area contributed by atoms with E-state index in [0.717, 1.165) is 51.4 Å². The molecule has 0 heterocycles. The second kappa shape index (κ2) is 9.21. The Bertz CT molecular complexity index is 273. The molecule has 0 aliphatic heterocycles. The van der Waals surface area contributed by atoms with Crippen molar-refractivity contribution in [2.45, 2.75) is 116 Å². The zero-order valence-corrected chi connectivity index (χ0v) is 15.4. The van der Waals surface area contributed by atoms with Gasteiger partial charge in [0.15, 0.2) is 0 Å². The lowest BCUT2D eigenvalue weighted by molar-refractivity contribution is -0.407. The highest BCUT2D eigenvalue weighted by molar-refractivity contribution is 4.73. The van der Waals surface area contributed by atoms with Gasteiger partial charge in [0.05, 0.1) is 23.4 Å². The third kappa shape index (κ3) is 7.91. The van der Waals surface area contributed by atoms with Gasteiger partial charge in [-0.2, -0.15) is 0 Å². The van der Waals surface area contributed by atoms with E-state index in [1.165, 1.54) is 0 Å². The van der Waals surface area contributed by atoms with Crippen molar-refractivity contribution >= 4 is 0 Å². The minimum Gasteiger partial charge on any atom is -0.233 e. The van der Waals surface area contributed by atoms with Crippen LogP contribution in [0.25, 0.3) is 0 Å². The third-order valence-electron chi connectivity index (χ3n) is 4.10. The van der Waals surface area contributed by atoms with Gasteiger partial charge in [0.1, 0.15) is 0 Å². The molecule has 132 valence electrons. The summed E-state index contributed by atoms with van der Waals surface area (Å²) in [5, 5.41) is 0. The van der Waals surface area contributed by atoms with Gasteiger partial charge < -0.3 is 0 Å². The highest BCUT2D eigenvalue weighted by Gasteiger charge is 2.29. The first kappa shape index (κ1) is 19.9. The molecular formula is C18H36O4. The van der Waals surface area contributed by atoms with Crippen LogP contribution in [0, 0.1) is 0 Å². The van der Waals surface area contributed by atoms with Crippen LogP contribution in [0.2, 0.25) is 0 Å². The third-order valence-corrected chi connectivity index (χ3v) is 4.10. The fourth-order valence-electron chi connectivity index (χ4n) is 2.96. The van der Waals surface area contributed by atoms with Crippen molar-refractivity contribution in [2.24, 2.45) is 0 Å². The van der Waals surface area contributed by atoms with Gasteiger partial charge in [0, 0.05) is 6.42 Å². The average molecular weight is 316 g/mol. The maximum Gasteiger partial charge on any atom is 0.0980 e. The van der Waals surface area contributed by atoms with Crippen LogP contribution in [0.4, 0.5) is 0 Å². The second-order valence-corrected chi connectivity index (χ2v) is 7.79. The largest absolute Gasteiger partial charge is 0.233 e. The van der Waals surface area contributed by atoms with Crippen molar-refractivity contribution in [3.63, 3.8) is 0 Å². The Labute approximate surface area is 136 Å². The zero-order chi connectivity index (χ0) is 16.6. The van der Waals surface area contributed by atoms with Gasteiger partial charge in [-0.05, 0) is 59.8 Å². The fraction of sp³-hybridized carbons (Fsp3) is 1.00. The van der Waals surface area contributed by atoms with E-state index in [4.69, 9.17) is 19.6 Å². The Hall–Kier alpha value is -0.160. The topological polar surface area (TPSA) is 36.9 Å². The molecule has 0 spiro atoms. The summed E-state index contributed by atoms with van der Waals surface area (Å²) in [6.45, 7) is 12.6. The first-order chi connectivity index (χ1) is 10.3. The smallest absolute Gasteiger partial charge is 0.0980 e. The Morgan fingerprint density at radius 3 is 1.55 bits per heavy atom. The van der Waals surface area contributed by atoms with Crippen LogP contribution in [0.1, 0.15) is 92.9 Å². The highest BCUT2D eigenvalue weighted by atomic mass is 17.2. The number of hydrogen-bond acceptors (Lipinski definition) is 4. The molecule has 2 unspecified atom stereocenters. The molecule has 0 aromatic carbocycles. The van der Waals surface area contributed by atoms with Gasteiger partial charge in [-0.3, -0.25) is 0 Å². The predicted molar refractivity (Wildman–Crippen MR) is 88.4 cm³/mol. The Morgan fingerprint density at radius 2 is 1.18 bits per heavy atom. The highest BCUT2D eigenvalue weighted by Crippen LogP contribution is 2.28. The summed E-state index contributed by atoms with van der Waals surface area (Å²) in [6.07, 6.45) is 8.36. The summed E-state index contributed by atoms with van der Waals surface area (Å²) in [5.41, 5.74) is -0.440. The van der Waals surface area contributed by atoms with Gasteiger partial charge in [-0.25, -0.2) is 19.6 Å². The van der Waals surface area contributed by atoms with E-state index < -0.39 is 0 Å². The Balaban J connectivity index is 2.32. The maximum absolute atomic E-state index is 5.67. The second-order valence-electron chi connectivity index (χ2n) is 7.79. The van der Waals surface area contributed by atoms with Crippen molar-refractivity contribution in [2.75, 3.05) is 0 Å². The van der Waals surface area contributed by atoms with E-state index in [9.17, 15) is 0 Å². The molecule has 0 radical (unpaired) electrons. The molecule has 0 amide bonds. The van der Waals surface area contributed by atoms with E-state index in [-0.39, 0.29) is 23.4 Å². The van der Waals surface area contributed by atoms with E-state index >= 15 is 0 Å². The Kier molecular flexibility index (Phi) is 8.33. The molecule has 4 nitrogen and oxygen atoms in total. The van der Waals surface area contributed by atoms with Crippen molar-refractivity contribution in [1.29, 1.82) is 0 Å². The molecular weight excluding hydrogens is 280 g/mol. The lowest BCUT2D eigenvalue weighted by atomic mass is 9.95. The molecule has 0 saturated heterocycles. The van der Waals surface area contributed by atoms with Crippen LogP contribution >= 0.6 is 0 Å².